The normalized spacial score (nSPS) is 11.6. The van der Waals surface area contributed by atoms with E-state index in [4.69, 9.17) is 0 Å². The van der Waals surface area contributed by atoms with Gasteiger partial charge in [-0.2, -0.15) is 12.2 Å². The number of rotatable bonds is 10. The molecule has 0 radical (unpaired) electrons. The summed E-state index contributed by atoms with van der Waals surface area (Å²) in [4.78, 5) is 28.0. The summed E-state index contributed by atoms with van der Waals surface area (Å²) in [6.45, 7) is 8.58. The molecule has 0 fully saturated rings. The monoisotopic (exact) mass is 782 g/mol. The summed E-state index contributed by atoms with van der Waals surface area (Å²) in [5, 5.41) is 0. The molecule has 0 aromatic heterocycles. The summed E-state index contributed by atoms with van der Waals surface area (Å²) in [5.74, 6) is -3.85. The van der Waals surface area contributed by atoms with Crippen LogP contribution in [0, 0.1) is 61.4 Å². The van der Waals surface area contributed by atoms with Crippen LogP contribution in [-0.2, 0) is 21.7 Å². The fourth-order valence-electron chi connectivity index (χ4n) is 4.97. The van der Waals surface area contributed by atoms with Crippen molar-refractivity contribution in [2.24, 2.45) is 0 Å². The second-order valence-corrected chi connectivity index (χ2v) is 12.4. The number of benzene rings is 4. The number of allylic oxidation sites excluding steroid dienone is 8. The Morgan fingerprint density at radius 2 is 0.945 bits per heavy atom. The molecular weight excluding hydrogens is 736 g/mol. The van der Waals surface area contributed by atoms with E-state index in [1.165, 1.54) is 21.9 Å². The largest absolute Gasteiger partial charge is 4.00 e. The summed E-state index contributed by atoms with van der Waals surface area (Å²) in [5.41, 5.74) is 3.15. The Labute approximate surface area is 338 Å². The first kappa shape index (κ1) is 46.4. The number of amides is 2. The fourth-order valence-corrected chi connectivity index (χ4v) is 4.97. The molecule has 284 valence electrons. The molecule has 2 aliphatic rings. The van der Waals surface area contributed by atoms with Crippen molar-refractivity contribution in [2.45, 2.75) is 66.2 Å². The van der Waals surface area contributed by atoms with E-state index in [1.807, 2.05) is 88.4 Å². The minimum absolute atomic E-state index is 0. The van der Waals surface area contributed by atoms with Gasteiger partial charge in [-0.1, -0.05) is 62.1 Å². The number of carbonyl (C=O) groups is 2. The van der Waals surface area contributed by atoms with Crippen molar-refractivity contribution >= 4 is 23.2 Å². The van der Waals surface area contributed by atoms with E-state index in [9.17, 15) is 27.2 Å². The molecule has 55 heavy (non-hydrogen) atoms. The Balaban J connectivity index is 0.000000298. The number of aryl methyl sites for hydroxylation is 2. The second kappa shape index (κ2) is 25.3. The SMILES string of the molecule is CCCCN(C(=O)c1ccc(C)cc1)c1ccc(F)[c-]c1F.CCCCN(C(=O)c1ccc(C)cc1)c1ccc(F)[c-]c1F.[C-]1=CC=CC1.[C-]1=CC=CC1.[Ti+4]. The Morgan fingerprint density at radius 3 is 1.20 bits per heavy atom. The molecule has 4 nitrogen and oxygen atoms in total. The average molecular weight is 783 g/mol. The van der Waals surface area contributed by atoms with Crippen molar-refractivity contribution < 1.29 is 48.9 Å². The van der Waals surface area contributed by atoms with Gasteiger partial charge in [0.1, 0.15) is 0 Å². The minimum atomic E-state index is -0.850. The van der Waals surface area contributed by atoms with Crippen LogP contribution in [0.3, 0.4) is 0 Å². The van der Waals surface area contributed by atoms with Gasteiger partial charge in [0.25, 0.3) is 0 Å². The second-order valence-electron chi connectivity index (χ2n) is 12.4. The molecule has 0 heterocycles. The quantitative estimate of drug-likeness (QED) is 0.0913. The van der Waals surface area contributed by atoms with Crippen molar-refractivity contribution in [3.8, 4) is 0 Å². The molecule has 0 spiro atoms. The molecule has 0 N–H and O–H groups in total. The van der Waals surface area contributed by atoms with E-state index in [0.717, 1.165) is 61.8 Å². The molecule has 0 saturated carbocycles. The fraction of sp³-hybridized carbons (Fsp3) is 0.261. The third-order valence-corrected chi connectivity index (χ3v) is 7.99. The van der Waals surface area contributed by atoms with Crippen molar-refractivity contribution in [2.75, 3.05) is 22.9 Å². The predicted octanol–water partition coefficient (Wildman–Crippen LogP) is 11.6. The van der Waals surface area contributed by atoms with Crippen LogP contribution in [0.4, 0.5) is 28.9 Å². The smallest absolute Gasteiger partial charge is 0.359 e. The van der Waals surface area contributed by atoms with Gasteiger partial charge in [-0.3, -0.25) is 21.7 Å². The third-order valence-electron chi connectivity index (χ3n) is 7.99. The maximum absolute atomic E-state index is 14.0. The Kier molecular flexibility index (Phi) is 21.3. The number of unbranched alkanes of at least 4 members (excludes halogenated alkanes) is 2. The van der Waals surface area contributed by atoms with Crippen LogP contribution < -0.4 is 9.80 Å². The molecule has 0 bridgehead atoms. The zero-order valence-corrected chi connectivity index (χ0v) is 33.3. The molecule has 0 saturated heterocycles. The topological polar surface area (TPSA) is 40.6 Å². The molecular formula is C46H46F4N2O2Ti. The van der Waals surface area contributed by atoms with E-state index in [0.29, 0.717) is 24.2 Å². The number of hydrogen-bond donors (Lipinski definition) is 0. The van der Waals surface area contributed by atoms with Gasteiger partial charge in [0.2, 0.25) is 11.8 Å². The van der Waals surface area contributed by atoms with E-state index in [2.05, 4.69) is 24.3 Å². The van der Waals surface area contributed by atoms with Gasteiger partial charge in [-0.15, -0.1) is 49.2 Å². The van der Waals surface area contributed by atoms with Crippen molar-refractivity contribution in [1.82, 2.24) is 0 Å². The van der Waals surface area contributed by atoms with Gasteiger partial charge in [0.05, 0.1) is 0 Å². The van der Waals surface area contributed by atoms with E-state index in [1.54, 1.807) is 24.3 Å². The van der Waals surface area contributed by atoms with Crippen LogP contribution in [0.2, 0.25) is 0 Å². The van der Waals surface area contributed by atoms with E-state index >= 15 is 0 Å². The standard InChI is InChI=1S/2C18H18F2NO.2C5H5.Ti/c2*1-3-4-11-21(17-10-9-15(19)12-16(17)20)18(22)14-7-5-13(2)6-8-14;2*1-2-4-5-3-1;/h2*5-10H,3-4,11H2,1-2H3;2*1-3H,4H2;/q4*-1;+4. The Morgan fingerprint density at radius 1 is 0.582 bits per heavy atom. The van der Waals surface area contributed by atoms with Crippen LogP contribution >= 0.6 is 0 Å². The molecule has 6 rings (SSSR count). The maximum atomic E-state index is 14.0. The molecule has 4 aromatic rings. The van der Waals surface area contributed by atoms with E-state index in [-0.39, 0.29) is 44.9 Å². The van der Waals surface area contributed by atoms with Crippen molar-refractivity contribution in [3.63, 3.8) is 0 Å². The van der Waals surface area contributed by atoms with Crippen LogP contribution in [0.5, 0.6) is 0 Å². The van der Waals surface area contributed by atoms with E-state index < -0.39 is 23.3 Å². The van der Waals surface area contributed by atoms with Gasteiger partial charge in [0, 0.05) is 47.5 Å². The molecule has 2 amide bonds. The van der Waals surface area contributed by atoms with Crippen LogP contribution in [0.1, 0.15) is 84.2 Å². The molecule has 2 aliphatic carbocycles. The summed E-state index contributed by atoms with van der Waals surface area (Å²) in [6, 6.07) is 22.9. The van der Waals surface area contributed by atoms with Gasteiger partial charge < -0.3 is 9.80 Å². The van der Waals surface area contributed by atoms with Gasteiger partial charge in [-0.05, 0) is 62.3 Å². The van der Waals surface area contributed by atoms with Crippen LogP contribution in [-0.4, -0.2) is 24.9 Å². The first-order valence-electron chi connectivity index (χ1n) is 18.0. The number of carbonyl (C=O) groups excluding carboxylic acids is 2. The molecule has 0 unspecified atom stereocenters. The first-order valence-corrected chi connectivity index (χ1v) is 18.0. The molecule has 0 aliphatic heterocycles. The third kappa shape index (κ3) is 15.8. The summed E-state index contributed by atoms with van der Waals surface area (Å²) < 4.78 is 54.0. The number of halogens is 4. The van der Waals surface area contributed by atoms with Gasteiger partial charge in [-0.25, -0.2) is 41.9 Å². The average Bonchev–Trinajstić information content (AvgIpc) is 3.95. The van der Waals surface area contributed by atoms with Crippen molar-refractivity contribution in [3.05, 3.63) is 179 Å². The van der Waals surface area contributed by atoms with Crippen LogP contribution in [0.25, 0.3) is 0 Å². The summed E-state index contributed by atoms with van der Waals surface area (Å²) in [7, 11) is 0. The number of nitrogens with zero attached hydrogens (tertiary/aromatic N) is 2. The summed E-state index contributed by atoms with van der Waals surface area (Å²) >= 11 is 0. The summed E-state index contributed by atoms with van der Waals surface area (Å²) in [6.07, 6.45) is 23.2. The Hall–Kier alpha value is -4.79. The van der Waals surface area contributed by atoms with Gasteiger partial charge >= 0.3 is 21.7 Å². The predicted molar refractivity (Wildman–Crippen MR) is 209 cm³/mol. The number of hydrogen-bond acceptors (Lipinski definition) is 2. The molecule has 4 aromatic carbocycles. The molecule has 0 atom stereocenters. The Bertz CT molecular complexity index is 1750. The number of anilines is 2. The first-order chi connectivity index (χ1) is 26.0. The minimum Gasteiger partial charge on any atom is -0.359 e. The van der Waals surface area contributed by atoms with Crippen LogP contribution in [0.15, 0.2) is 109 Å². The van der Waals surface area contributed by atoms with Crippen molar-refractivity contribution in [1.29, 1.82) is 0 Å². The maximum Gasteiger partial charge on any atom is 4.00 e. The molecule has 9 heteroatoms. The van der Waals surface area contributed by atoms with Gasteiger partial charge in [0.15, 0.2) is 0 Å². The zero-order valence-electron chi connectivity index (χ0n) is 31.8. The zero-order chi connectivity index (χ0) is 39.3.